The van der Waals surface area contributed by atoms with Gasteiger partial charge in [-0.3, -0.25) is 9.59 Å². The molecule has 2 aliphatic rings. The lowest BCUT2D eigenvalue weighted by molar-refractivity contribution is -0.118. The summed E-state index contributed by atoms with van der Waals surface area (Å²) in [6, 6.07) is 8.52. The monoisotopic (exact) mass is 575 g/mol. The van der Waals surface area contributed by atoms with Gasteiger partial charge in [0.1, 0.15) is 41.0 Å². The van der Waals surface area contributed by atoms with Crippen molar-refractivity contribution in [1.29, 1.82) is 0 Å². The number of alkyl halides is 2. The zero-order valence-corrected chi connectivity index (χ0v) is 21.7. The van der Waals surface area contributed by atoms with Gasteiger partial charge >= 0.3 is 6.61 Å². The second-order valence-electron chi connectivity index (χ2n) is 9.35. The van der Waals surface area contributed by atoms with E-state index < -0.39 is 47.6 Å². The highest BCUT2D eigenvalue weighted by molar-refractivity contribution is 6.05. The molecular weight excluding hydrogens is 550 g/mol. The van der Waals surface area contributed by atoms with Crippen molar-refractivity contribution in [2.75, 3.05) is 31.8 Å². The highest BCUT2D eigenvalue weighted by Gasteiger charge is 2.46. The van der Waals surface area contributed by atoms with E-state index in [4.69, 9.17) is 14.2 Å². The summed E-state index contributed by atoms with van der Waals surface area (Å²) in [6.07, 6.45) is 1.81. The number of anilines is 1. The number of rotatable bonds is 9. The number of amides is 2. The van der Waals surface area contributed by atoms with Crippen molar-refractivity contribution in [2.24, 2.45) is 0 Å². The highest BCUT2D eigenvalue weighted by Crippen LogP contribution is 2.39. The molecule has 13 heteroatoms. The van der Waals surface area contributed by atoms with Gasteiger partial charge in [-0.15, -0.1) is 0 Å². The Hall–Kier alpha value is -4.39. The predicted molar refractivity (Wildman–Crippen MR) is 136 cm³/mol. The van der Waals surface area contributed by atoms with Crippen molar-refractivity contribution in [1.82, 2.24) is 10.3 Å². The molecule has 3 aromatic rings. The maximum absolute atomic E-state index is 15.2. The number of aromatic nitrogens is 1. The first-order chi connectivity index (χ1) is 19.7. The van der Waals surface area contributed by atoms with Crippen LogP contribution in [0.1, 0.15) is 28.3 Å². The minimum Gasteiger partial charge on any atom is -0.497 e. The maximum Gasteiger partial charge on any atom is 0.387 e. The Morgan fingerprint density at radius 2 is 1.85 bits per heavy atom. The molecule has 0 saturated carbocycles. The van der Waals surface area contributed by atoms with Crippen molar-refractivity contribution < 1.29 is 46.1 Å². The Kier molecular flexibility index (Phi) is 8.24. The van der Waals surface area contributed by atoms with Crippen molar-refractivity contribution >= 4 is 17.5 Å². The number of benzene rings is 2. The Morgan fingerprint density at radius 3 is 2.49 bits per heavy atom. The van der Waals surface area contributed by atoms with Crippen LogP contribution in [0.3, 0.4) is 0 Å². The SMILES string of the molecule is COc1cc(F)c([C@@H]2CN(c3cccnc3OC3CCOC3)C(=O)[C@H]2NC(=O)c2ccc(OC(F)F)cc2)c(F)c1. The number of hydrogen-bond donors (Lipinski definition) is 1. The fourth-order valence-electron chi connectivity index (χ4n) is 4.86. The van der Waals surface area contributed by atoms with Crippen molar-refractivity contribution in [2.45, 2.75) is 31.1 Å². The molecule has 2 fully saturated rings. The van der Waals surface area contributed by atoms with Crippen LogP contribution in [-0.4, -0.2) is 62.4 Å². The van der Waals surface area contributed by atoms with E-state index in [0.29, 0.717) is 19.6 Å². The standard InChI is InChI=1S/C28H25F4N3O6/c1-38-18-11-20(29)23(21(30)12-18)19-13-35(22-3-2-9-33-26(22)40-17-8-10-39-14-17)27(37)24(19)34-25(36)15-4-6-16(7-5-15)41-28(31)32/h2-7,9,11-12,17,19,24,28H,8,10,13-14H2,1H3,(H,34,36)/t17?,19-,24-/m0/s1. The zero-order valence-electron chi connectivity index (χ0n) is 21.7. The van der Waals surface area contributed by atoms with Gasteiger partial charge in [-0.25, -0.2) is 13.8 Å². The van der Waals surface area contributed by atoms with Gasteiger partial charge < -0.3 is 29.2 Å². The molecule has 0 aliphatic carbocycles. The van der Waals surface area contributed by atoms with Crippen LogP contribution in [0.5, 0.6) is 17.4 Å². The molecule has 41 heavy (non-hydrogen) atoms. The lowest BCUT2D eigenvalue weighted by atomic mass is 9.92. The summed E-state index contributed by atoms with van der Waals surface area (Å²) >= 11 is 0. The third kappa shape index (κ3) is 6.04. The first-order valence-corrected chi connectivity index (χ1v) is 12.6. The van der Waals surface area contributed by atoms with Gasteiger partial charge in [0.15, 0.2) is 0 Å². The predicted octanol–water partition coefficient (Wildman–Crippen LogP) is 4.07. The van der Waals surface area contributed by atoms with Gasteiger partial charge in [0.05, 0.1) is 20.3 Å². The summed E-state index contributed by atoms with van der Waals surface area (Å²) in [5, 5.41) is 2.56. The third-order valence-electron chi connectivity index (χ3n) is 6.81. The van der Waals surface area contributed by atoms with Crippen LogP contribution < -0.4 is 24.4 Å². The molecule has 1 unspecified atom stereocenters. The number of hydrogen-bond acceptors (Lipinski definition) is 7. The molecule has 2 aromatic carbocycles. The number of methoxy groups -OCH3 is 1. The van der Waals surface area contributed by atoms with Gasteiger partial charge in [-0.1, -0.05) is 0 Å². The normalized spacial score (nSPS) is 20.4. The average molecular weight is 576 g/mol. The van der Waals surface area contributed by atoms with Crippen molar-refractivity contribution in [3.05, 3.63) is 77.5 Å². The number of halogens is 4. The van der Waals surface area contributed by atoms with E-state index in [1.165, 1.54) is 30.3 Å². The summed E-state index contributed by atoms with van der Waals surface area (Å²) in [5.41, 5.74) is -0.143. The Morgan fingerprint density at radius 1 is 1.12 bits per heavy atom. The van der Waals surface area contributed by atoms with Crippen LogP contribution in [-0.2, 0) is 9.53 Å². The molecule has 216 valence electrons. The topological polar surface area (TPSA) is 99.2 Å². The molecule has 9 nitrogen and oxygen atoms in total. The van der Waals surface area contributed by atoms with Gasteiger partial charge in [-0.05, 0) is 36.4 Å². The Bertz CT molecular complexity index is 1400. The van der Waals surface area contributed by atoms with Crippen LogP contribution >= 0.6 is 0 Å². The first-order valence-electron chi connectivity index (χ1n) is 12.6. The summed E-state index contributed by atoms with van der Waals surface area (Å²) in [4.78, 5) is 32.4. The summed E-state index contributed by atoms with van der Waals surface area (Å²) in [6.45, 7) is -2.41. The molecule has 5 rings (SSSR count). The highest BCUT2D eigenvalue weighted by atomic mass is 19.3. The smallest absolute Gasteiger partial charge is 0.387 e. The summed E-state index contributed by atoms with van der Waals surface area (Å²) < 4.78 is 76.0. The van der Waals surface area contributed by atoms with Crippen LogP contribution in [0, 0.1) is 11.6 Å². The van der Waals surface area contributed by atoms with E-state index in [-0.39, 0.29) is 41.3 Å². The largest absolute Gasteiger partial charge is 0.497 e. The van der Waals surface area contributed by atoms with Gasteiger partial charge in [-0.2, -0.15) is 8.78 Å². The lowest BCUT2D eigenvalue weighted by Gasteiger charge is -2.21. The van der Waals surface area contributed by atoms with Crippen molar-refractivity contribution in [3.8, 4) is 17.4 Å². The molecule has 2 amide bonds. The van der Waals surface area contributed by atoms with Crippen LogP contribution in [0.15, 0.2) is 54.7 Å². The van der Waals surface area contributed by atoms with Crippen LogP contribution in [0.2, 0.25) is 0 Å². The summed E-state index contributed by atoms with van der Waals surface area (Å²) in [7, 11) is 1.26. The van der Waals surface area contributed by atoms with E-state index in [1.54, 1.807) is 12.1 Å². The molecule has 0 bridgehead atoms. The second kappa shape index (κ2) is 12.0. The maximum atomic E-state index is 15.2. The van der Waals surface area contributed by atoms with Crippen LogP contribution in [0.4, 0.5) is 23.2 Å². The lowest BCUT2D eigenvalue weighted by Crippen LogP contribution is -2.44. The third-order valence-corrected chi connectivity index (χ3v) is 6.81. The molecular formula is C28H25F4N3O6. The Labute approximate surface area is 232 Å². The van der Waals surface area contributed by atoms with E-state index >= 15 is 8.78 Å². The first kappa shape index (κ1) is 28.1. The van der Waals surface area contributed by atoms with E-state index in [1.807, 2.05) is 0 Å². The van der Waals surface area contributed by atoms with Gasteiger partial charge in [0.2, 0.25) is 11.8 Å². The molecule has 1 N–H and O–H groups in total. The fraction of sp³-hybridized carbons (Fsp3) is 0.321. The van der Waals surface area contributed by atoms with E-state index in [2.05, 4.69) is 15.0 Å². The molecule has 0 spiro atoms. The minimum atomic E-state index is -3.05. The molecule has 2 aliphatic heterocycles. The molecule has 2 saturated heterocycles. The number of carbonyl (C=O) groups is 2. The quantitative estimate of drug-likeness (QED) is 0.384. The molecule has 0 radical (unpaired) electrons. The molecule has 3 heterocycles. The molecule has 1 aromatic heterocycles. The van der Waals surface area contributed by atoms with Crippen LogP contribution in [0.25, 0.3) is 0 Å². The van der Waals surface area contributed by atoms with E-state index in [9.17, 15) is 18.4 Å². The number of pyridine rings is 1. The molecule has 3 atom stereocenters. The second-order valence-corrected chi connectivity index (χ2v) is 9.35. The van der Waals surface area contributed by atoms with E-state index in [0.717, 1.165) is 24.3 Å². The van der Waals surface area contributed by atoms with Gasteiger partial charge in [0, 0.05) is 48.3 Å². The zero-order chi connectivity index (χ0) is 29.1. The fourth-order valence-corrected chi connectivity index (χ4v) is 4.86. The number of carbonyl (C=O) groups excluding carboxylic acids is 2. The average Bonchev–Trinajstić information content (AvgIpc) is 3.57. The Balaban J connectivity index is 1.48. The van der Waals surface area contributed by atoms with Crippen molar-refractivity contribution in [3.63, 3.8) is 0 Å². The van der Waals surface area contributed by atoms with Gasteiger partial charge in [0.25, 0.3) is 5.91 Å². The summed E-state index contributed by atoms with van der Waals surface area (Å²) in [5.74, 6) is -4.60. The number of nitrogens with one attached hydrogen (secondary N) is 1. The number of nitrogens with zero attached hydrogens (tertiary/aromatic N) is 2. The number of ether oxygens (including phenoxy) is 4. The minimum absolute atomic E-state index is 0.0129.